The van der Waals surface area contributed by atoms with Crippen LogP contribution >= 0.6 is 0 Å². The van der Waals surface area contributed by atoms with Crippen molar-refractivity contribution in [2.45, 2.75) is 16.2 Å². The fraction of sp³-hybridized carbons (Fsp3) is 0.217. The summed E-state index contributed by atoms with van der Waals surface area (Å²) in [6.07, 6.45) is 0. The molecule has 0 amide bonds. The maximum atomic E-state index is 13.5. The Labute approximate surface area is 172 Å². The van der Waals surface area contributed by atoms with Gasteiger partial charge in [-0.2, -0.15) is 0 Å². The molecule has 3 aromatic carbocycles. The molecule has 29 heavy (non-hydrogen) atoms. The van der Waals surface area contributed by atoms with E-state index >= 15 is 0 Å². The van der Waals surface area contributed by atoms with E-state index in [2.05, 4.69) is 0 Å². The van der Waals surface area contributed by atoms with Crippen LogP contribution < -0.4 is 9.96 Å². The molecule has 0 bridgehead atoms. The normalized spacial score (nSPS) is 19.3. The Morgan fingerprint density at radius 3 is 2.03 bits per heavy atom. The molecule has 5 nitrogen and oxygen atoms in total. The van der Waals surface area contributed by atoms with Crippen LogP contribution in [-0.2, 0) is 14.7 Å². The minimum absolute atomic E-state index is 0.103. The molecule has 1 saturated heterocycles. The molecule has 2 atom stereocenters. The zero-order valence-corrected chi connectivity index (χ0v) is 17.3. The molecular weight excluding hydrogens is 384 g/mol. The minimum Gasteiger partial charge on any atom is -0.378 e. The van der Waals surface area contributed by atoms with Crippen LogP contribution in [0.15, 0.2) is 89.8 Å². The topological polar surface area (TPSA) is 49.9 Å². The van der Waals surface area contributed by atoms with E-state index in [0.29, 0.717) is 4.90 Å². The smallest absolute Gasteiger partial charge is 0.186 e. The number of hydroxylamine groups is 1. The van der Waals surface area contributed by atoms with Gasteiger partial charge < -0.3 is 4.90 Å². The van der Waals surface area contributed by atoms with Crippen molar-refractivity contribution < 1.29 is 13.3 Å². The fourth-order valence-electron chi connectivity index (χ4n) is 3.65. The van der Waals surface area contributed by atoms with Gasteiger partial charge in [-0.05, 0) is 42.0 Å². The summed E-state index contributed by atoms with van der Waals surface area (Å²) >= 11 is 0. The highest BCUT2D eigenvalue weighted by atomic mass is 32.2. The second-order valence-electron chi connectivity index (χ2n) is 7.28. The molecule has 0 unspecified atom stereocenters. The largest absolute Gasteiger partial charge is 0.378 e. The Bertz CT molecular complexity index is 1050. The first-order valence-electron chi connectivity index (χ1n) is 9.52. The number of rotatable bonds is 5. The zero-order chi connectivity index (χ0) is 20.4. The summed E-state index contributed by atoms with van der Waals surface area (Å²) in [4.78, 5) is 8.28. The van der Waals surface area contributed by atoms with E-state index in [1.165, 1.54) is 0 Å². The summed E-state index contributed by atoms with van der Waals surface area (Å²) in [6, 6.07) is 25.8. The van der Waals surface area contributed by atoms with Crippen LogP contribution in [0.2, 0.25) is 0 Å². The van der Waals surface area contributed by atoms with Gasteiger partial charge in [-0.15, -0.1) is 0 Å². The summed E-state index contributed by atoms with van der Waals surface area (Å²) < 4.78 is 26.9. The quantitative estimate of drug-likeness (QED) is 0.637. The highest BCUT2D eigenvalue weighted by molar-refractivity contribution is 7.92. The Kier molecular flexibility index (Phi) is 5.30. The molecule has 1 heterocycles. The van der Waals surface area contributed by atoms with Gasteiger partial charge in [0.05, 0.1) is 17.2 Å². The lowest BCUT2D eigenvalue weighted by atomic mass is 10.0. The lowest BCUT2D eigenvalue weighted by Crippen LogP contribution is -2.32. The van der Waals surface area contributed by atoms with Gasteiger partial charge >= 0.3 is 0 Å². The Morgan fingerprint density at radius 1 is 0.862 bits per heavy atom. The third kappa shape index (κ3) is 3.73. The molecule has 3 aromatic rings. The summed E-state index contributed by atoms with van der Waals surface area (Å²) in [5.41, 5.74) is 2.79. The summed E-state index contributed by atoms with van der Waals surface area (Å²) in [7, 11) is 0.377. The van der Waals surface area contributed by atoms with Gasteiger partial charge in [0.15, 0.2) is 9.84 Å². The van der Waals surface area contributed by atoms with Crippen LogP contribution in [0.4, 0.5) is 11.4 Å². The number of sulfone groups is 1. The third-order valence-electron chi connectivity index (χ3n) is 5.21. The van der Waals surface area contributed by atoms with Gasteiger partial charge in [0.1, 0.15) is 11.3 Å². The number of para-hydroxylation sites is 1. The molecule has 150 valence electrons. The zero-order valence-electron chi connectivity index (χ0n) is 16.5. The molecule has 0 saturated carbocycles. The molecule has 0 aromatic heterocycles. The monoisotopic (exact) mass is 408 g/mol. The first-order chi connectivity index (χ1) is 14.0. The Morgan fingerprint density at radius 2 is 1.45 bits per heavy atom. The summed E-state index contributed by atoms with van der Waals surface area (Å²) in [5, 5.41) is 1.02. The average molecular weight is 409 g/mol. The first kappa shape index (κ1) is 19.5. The number of hydrogen-bond donors (Lipinski definition) is 0. The highest BCUT2D eigenvalue weighted by Crippen LogP contribution is 2.40. The average Bonchev–Trinajstić information content (AvgIpc) is 3.21. The van der Waals surface area contributed by atoms with Crippen molar-refractivity contribution in [1.82, 2.24) is 0 Å². The van der Waals surface area contributed by atoms with Crippen molar-refractivity contribution in [2.24, 2.45) is 0 Å². The number of hydrogen-bond acceptors (Lipinski definition) is 5. The number of anilines is 2. The lowest BCUT2D eigenvalue weighted by molar-refractivity contribution is 0.159. The van der Waals surface area contributed by atoms with Crippen molar-refractivity contribution in [1.29, 1.82) is 0 Å². The van der Waals surface area contributed by atoms with Crippen molar-refractivity contribution >= 4 is 21.2 Å². The molecule has 0 radical (unpaired) electrons. The van der Waals surface area contributed by atoms with Crippen molar-refractivity contribution in [2.75, 3.05) is 30.7 Å². The van der Waals surface area contributed by atoms with E-state index < -0.39 is 21.1 Å². The first-order valence-corrected chi connectivity index (χ1v) is 11.1. The van der Waals surface area contributed by atoms with Gasteiger partial charge in [-0.3, -0.25) is 4.84 Å². The summed E-state index contributed by atoms with van der Waals surface area (Å²) in [6.45, 7) is 0.103. The number of nitrogens with zero attached hydrogens (tertiary/aromatic N) is 2. The molecule has 4 rings (SSSR count). The summed E-state index contributed by atoms with van der Waals surface area (Å²) in [5.74, 6) is 0. The fourth-order valence-corrected chi connectivity index (χ4v) is 5.38. The van der Waals surface area contributed by atoms with Gasteiger partial charge in [0.2, 0.25) is 0 Å². The molecular formula is C23H24N2O3S. The molecule has 0 N–H and O–H groups in total. The van der Waals surface area contributed by atoms with Gasteiger partial charge in [-0.25, -0.2) is 13.5 Å². The second kappa shape index (κ2) is 7.89. The van der Waals surface area contributed by atoms with Gasteiger partial charge in [0, 0.05) is 19.8 Å². The molecule has 6 heteroatoms. The van der Waals surface area contributed by atoms with Crippen molar-refractivity contribution in [3.63, 3.8) is 0 Å². The van der Waals surface area contributed by atoms with Crippen molar-refractivity contribution in [3.8, 4) is 0 Å². The van der Waals surface area contributed by atoms with Crippen LogP contribution in [0.25, 0.3) is 0 Å². The van der Waals surface area contributed by atoms with E-state index in [9.17, 15) is 8.42 Å². The molecule has 1 aliphatic rings. The Balaban J connectivity index is 1.78. The van der Waals surface area contributed by atoms with Crippen molar-refractivity contribution in [3.05, 3.63) is 90.5 Å². The van der Waals surface area contributed by atoms with Crippen LogP contribution in [0.3, 0.4) is 0 Å². The maximum Gasteiger partial charge on any atom is 0.186 e. The SMILES string of the molecule is CN(C)c1ccc([C@@H]2[C@@H](S(=O)(=O)c3ccccc3)CON2c2ccccc2)cc1. The predicted molar refractivity (Wildman–Crippen MR) is 116 cm³/mol. The van der Waals surface area contributed by atoms with Gasteiger partial charge in [0.25, 0.3) is 0 Å². The second-order valence-corrected chi connectivity index (χ2v) is 9.45. The maximum absolute atomic E-state index is 13.5. The minimum atomic E-state index is -3.58. The van der Waals surface area contributed by atoms with Crippen LogP contribution in [0, 0.1) is 0 Å². The molecule has 0 aliphatic carbocycles. The number of benzene rings is 3. The molecule has 0 spiro atoms. The van der Waals surface area contributed by atoms with Gasteiger partial charge in [-0.1, -0.05) is 48.5 Å². The van der Waals surface area contributed by atoms with E-state index in [0.717, 1.165) is 16.9 Å². The van der Waals surface area contributed by atoms with E-state index in [-0.39, 0.29) is 6.61 Å². The Hall–Kier alpha value is -2.83. The standard InChI is InChI=1S/C23H24N2O3S/c1-24(2)19-15-13-18(14-16-19)23-22(29(26,27)21-11-7-4-8-12-21)17-28-25(23)20-9-5-3-6-10-20/h3-16,22-23H,17H2,1-2H3/t22-,23+/m0/s1. The van der Waals surface area contributed by atoms with Crippen LogP contribution in [0.5, 0.6) is 0 Å². The predicted octanol–water partition coefficient (Wildman–Crippen LogP) is 4.09. The van der Waals surface area contributed by atoms with E-state index in [1.54, 1.807) is 29.3 Å². The lowest BCUT2D eigenvalue weighted by Gasteiger charge is -2.28. The third-order valence-corrected chi connectivity index (χ3v) is 7.33. The molecule has 1 aliphatic heterocycles. The van der Waals surface area contributed by atoms with Crippen LogP contribution in [-0.4, -0.2) is 34.4 Å². The van der Waals surface area contributed by atoms with E-state index in [4.69, 9.17) is 4.84 Å². The molecule has 1 fully saturated rings. The highest BCUT2D eigenvalue weighted by Gasteiger charge is 2.45. The van der Waals surface area contributed by atoms with E-state index in [1.807, 2.05) is 79.7 Å². The van der Waals surface area contributed by atoms with Crippen LogP contribution in [0.1, 0.15) is 11.6 Å².